The van der Waals surface area contributed by atoms with E-state index in [9.17, 15) is 4.79 Å². The number of rotatable bonds is 3. The van der Waals surface area contributed by atoms with Crippen molar-refractivity contribution in [2.24, 2.45) is 0 Å². The molecule has 0 radical (unpaired) electrons. The van der Waals surface area contributed by atoms with Gasteiger partial charge in [-0.3, -0.25) is 4.79 Å². The van der Waals surface area contributed by atoms with Crippen molar-refractivity contribution in [1.29, 1.82) is 0 Å². The molecule has 0 unspecified atom stereocenters. The Morgan fingerprint density at radius 2 is 2.24 bits per heavy atom. The summed E-state index contributed by atoms with van der Waals surface area (Å²) in [6.45, 7) is 2.46. The van der Waals surface area contributed by atoms with Crippen LogP contribution in [0, 0.1) is 6.92 Å². The van der Waals surface area contributed by atoms with Gasteiger partial charge in [-0.05, 0) is 41.1 Å². The Bertz CT molecular complexity index is 532. The van der Waals surface area contributed by atoms with Gasteiger partial charge in [-0.15, -0.1) is 11.3 Å². The van der Waals surface area contributed by atoms with Crippen LogP contribution in [0.15, 0.2) is 32.7 Å². The number of hydrogen-bond donors (Lipinski definition) is 0. The molecule has 0 spiro atoms. The minimum atomic E-state index is -0.0861. The third-order valence-corrected chi connectivity index (χ3v) is 4.03. The summed E-state index contributed by atoms with van der Waals surface area (Å²) < 4.78 is 6.26. The van der Waals surface area contributed by atoms with Gasteiger partial charge in [-0.25, -0.2) is 0 Å². The van der Waals surface area contributed by atoms with E-state index in [1.807, 2.05) is 19.1 Å². The summed E-state index contributed by atoms with van der Waals surface area (Å²) in [7, 11) is 1.78. The fourth-order valence-corrected chi connectivity index (χ4v) is 3.04. The van der Waals surface area contributed by atoms with Crippen LogP contribution in [0.5, 0.6) is 0 Å². The summed E-state index contributed by atoms with van der Waals surface area (Å²) in [5.41, 5.74) is 0.870. The largest absolute Gasteiger partial charge is 0.459 e. The molecular weight excluding hydrogens is 302 g/mol. The molecule has 2 heterocycles. The molecule has 0 N–H and O–H groups in total. The topological polar surface area (TPSA) is 33.5 Å². The van der Waals surface area contributed by atoms with Crippen LogP contribution in [-0.2, 0) is 6.54 Å². The first-order valence-electron chi connectivity index (χ1n) is 5.11. The molecule has 0 saturated carbocycles. The molecule has 0 bridgehead atoms. The Balaban J connectivity index is 2.08. The van der Waals surface area contributed by atoms with Crippen LogP contribution in [0.4, 0.5) is 0 Å². The molecule has 17 heavy (non-hydrogen) atoms. The maximum atomic E-state index is 12.1. The van der Waals surface area contributed by atoms with Crippen molar-refractivity contribution in [3.63, 3.8) is 0 Å². The quantitative estimate of drug-likeness (QED) is 0.866. The van der Waals surface area contributed by atoms with Crippen LogP contribution in [0.2, 0.25) is 0 Å². The molecule has 1 amide bonds. The second kappa shape index (κ2) is 5.06. The molecule has 0 aliphatic rings. The lowest BCUT2D eigenvalue weighted by Crippen LogP contribution is -2.25. The molecule has 0 fully saturated rings. The van der Waals surface area contributed by atoms with E-state index in [0.29, 0.717) is 12.3 Å². The maximum absolute atomic E-state index is 12.1. The lowest BCUT2D eigenvalue weighted by atomic mass is 10.2. The Hall–Kier alpha value is -1.07. The SMILES string of the molecule is Cc1ccoc1C(=O)N(C)Cc1ccc(Br)s1. The Kier molecular flexibility index (Phi) is 3.69. The predicted octanol–water partition coefficient (Wildman–Crippen LogP) is 3.68. The van der Waals surface area contributed by atoms with Crippen molar-refractivity contribution >= 4 is 33.2 Å². The van der Waals surface area contributed by atoms with Gasteiger partial charge in [0, 0.05) is 17.5 Å². The third-order valence-electron chi connectivity index (χ3n) is 2.42. The Morgan fingerprint density at radius 3 is 2.76 bits per heavy atom. The number of halogens is 1. The van der Waals surface area contributed by atoms with Gasteiger partial charge < -0.3 is 9.32 Å². The van der Waals surface area contributed by atoms with Gasteiger partial charge in [0.1, 0.15) is 0 Å². The second-order valence-corrected chi connectivity index (χ2v) is 6.35. The fraction of sp³-hybridized carbons (Fsp3) is 0.250. The number of nitrogens with zero attached hydrogens (tertiary/aromatic N) is 1. The number of furan rings is 1. The van der Waals surface area contributed by atoms with Crippen LogP contribution >= 0.6 is 27.3 Å². The molecule has 3 nitrogen and oxygen atoms in total. The Morgan fingerprint density at radius 1 is 1.47 bits per heavy atom. The molecule has 0 aliphatic carbocycles. The lowest BCUT2D eigenvalue weighted by Gasteiger charge is -2.14. The molecular formula is C12H12BrNO2S. The number of amides is 1. The minimum absolute atomic E-state index is 0.0861. The fourth-order valence-electron chi connectivity index (χ4n) is 1.51. The average molecular weight is 314 g/mol. The van der Waals surface area contributed by atoms with Gasteiger partial charge in [0.2, 0.25) is 0 Å². The minimum Gasteiger partial charge on any atom is -0.459 e. The Labute approximate surface area is 112 Å². The maximum Gasteiger partial charge on any atom is 0.289 e. The van der Waals surface area contributed by atoms with E-state index < -0.39 is 0 Å². The van der Waals surface area contributed by atoms with E-state index in [4.69, 9.17) is 4.42 Å². The summed E-state index contributed by atoms with van der Waals surface area (Å²) in [6, 6.07) is 5.78. The van der Waals surface area contributed by atoms with Crippen LogP contribution in [0.3, 0.4) is 0 Å². The molecule has 2 rings (SSSR count). The van der Waals surface area contributed by atoms with Crippen molar-refractivity contribution in [3.05, 3.63) is 44.4 Å². The van der Waals surface area contributed by atoms with E-state index in [0.717, 1.165) is 14.2 Å². The first-order valence-corrected chi connectivity index (χ1v) is 6.72. The second-order valence-electron chi connectivity index (χ2n) is 3.80. The molecule has 2 aromatic heterocycles. The van der Waals surface area contributed by atoms with E-state index in [1.165, 1.54) is 6.26 Å². The van der Waals surface area contributed by atoms with Crippen LogP contribution < -0.4 is 0 Å². The number of aryl methyl sites for hydroxylation is 1. The van der Waals surface area contributed by atoms with Crippen molar-refractivity contribution < 1.29 is 9.21 Å². The van der Waals surface area contributed by atoms with Crippen LogP contribution in [0.25, 0.3) is 0 Å². The predicted molar refractivity (Wildman–Crippen MR) is 71.3 cm³/mol. The average Bonchev–Trinajstić information content (AvgIpc) is 2.86. The summed E-state index contributed by atoms with van der Waals surface area (Å²) >= 11 is 5.03. The lowest BCUT2D eigenvalue weighted by molar-refractivity contribution is 0.0754. The number of carbonyl (C=O) groups is 1. The molecule has 0 saturated heterocycles. The van der Waals surface area contributed by atoms with Gasteiger partial charge in [0.05, 0.1) is 16.6 Å². The molecule has 5 heteroatoms. The monoisotopic (exact) mass is 313 g/mol. The van der Waals surface area contributed by atoms with Crippen molar-refractivity contribution in [2.45, 2.75) is 13.5 Å². The highest BCUT2D eigenvalue weighted by Gasteiger charge is 2.17. The van der Waals surface area contributed by atoms with Crippen LogP contribution in [-0.4, -0.2) is 17.9 Å². The van der Waals surface area contributed by atoms with E-state index in [1.54, 1.807) is 29.4 Å². The van der Waals surface area contributed by atoms with Gasteiger partial charge in [-0.1, -0.05) is 0 Å². The van der Waals surface area contributed by atoms with Crippen LogP contribution in [0.1, 0.15) is 21.0 Å². The molecule has 0 aromatic carbocycles. The van der Waals surface area contributed by atoms with Crippen molar-refractivity contribution in [3.8, 4) is 0 Å². The van der Waals surface area contributed by atoms with Gasteiger partial charge >= 0.3 is 0 Å². The first kappa shape index (κ1) is 12.4. The summed E-state index contributed by atoms with van der Waals surface area (Å²) in [4.78, 5) is 14.9. The third kappa shape index (κ3) is 2.79. The zero-order valence-electron chi connectivity index (χ0n) is 9.57. The summed E-state index contributed by atoms with van der Waals surface area (Å²) in [6.07, 6.45) is 1.54. The molecule has 0 aliphatic heterocycles. The van der Waals surface area contributed by atoms with Gasteiger partial charge in [-0.2, -0.15) is 0 Å². The van der Waals surface area contributed by atoms with E-state index in [2.05, 4.69) is 15.9 Å². The molecule has 0 atom stereocenters. The summed E-state index contributed by atoms with van der Waals surface area (Å²) in [5.74, 6) is 0.333. The van der Waals surface area contributed by atoms with Crippen molar-refractivity contribution in [2.75, 3.05) is 7.05 Å². The zero-order chi connectivity index (χ0) is 12.4. The zero-order valence-corrected chi connectivity index (χ0v) is 12.0. The van der Waals surface area contributed by atoms with E-state index >= 15 is 0 Å². The summed E-state index contributed by atoms with van der Waals surface area (Å²) in [5, 5.41) is 0. The molecule has 2 aromatic rings. The number of thiophene rings is 1. The smallest absolute Gasteiger partial charge is 0.289 e. The highest BCUT2D eigenvalue weighted by molar-refractivity contribution is 9.11. The molecule has 90 valence electrons. The van der Waals surface area contributed by atoms with E-state index in [-0.39, 0.29) is 5.91 Å². The highest BCUT2D eigenvalue weighted by atomic mass is 79.9. The number of hydrogen-bond acceptors (Lipinski definition) is 3. The highest BCUT2D eigenvalue weighted by Crippen LogP contribution is 2.23. The normalized spacial score (nSPS) is 10.5. The number of carbonyl (C=O) groups excluding carboxylic acids is 1. The van der Waals surface area contributed by atoms with Gasteiger partial charge in [0.25, 0.3) is 5.91 Å². The van der Waals surface area contributed by atoms with Crippen molar-refractivity contribution in [1.82, 2.24) is 4.90 Å². The standard InChI is InChI=1S/C12H12BrNO2S/c1-8-5-6-16-11(8)12(15)14(2)7-9-3-4-10(13)17-9/h3-6H,7H2,1-2H3. The first-order chi connectivity index (χ1) is 8.08. The van der Waals surface area contributed by atoms with Gasteiger partial charge in [0.15, 0.2) is 5.76 Å².